The van der Waals surface area contributed by atoms with Crippen LogP contribution in [-0.4, -0.2) is 17.2 Å². The van der Waals surface area contributed by atoms with Crippen molar-refractivity contribution < 1.29 is 34.1 Å². The summed E-state index contributed by atoms with van der Waals surface area (Å²) in [6.45, 7) is 14.3. The summed E-state index contributed by atoms with van der Waals surface area (Å²) in [5.41, 5.74) is 5.32. The molecule has 4 heteroatoms. The minimum atomic E-state index is 0. The summed E-state index contributed by atoms with van der Waals surface area (Å²) in [6.07, 6.45) is 39.7. The zero-order chi connectivity index (χ0) is 24.6. The van der Waals surface area contributed by atoms with Gasteiger partial charge in [-0.1, -0.05) is 112 Å². The van der Waals surface area contributed by atoms with E-state index in [4.69, 9.17) is 0 Å². The van der Waals surface area contributed by atoms with E-state index < -0.39 is 0 Å². The fourth-order valence-electron chi connectivity index (χ4n) is 4.23. The molecule has 0 saturated carbocycles. The van der Waals surface area contributed by atoms with E-state index in [1.165, 1.54) is 22.4 Å². The van der Waals surface area contributed by atoms with Gasteiger partial charge in [-0.15, -0.1) is 0 Å². The number of hydrogen-bond donors (Lipinski definition) is 0. The maximum atomic E-state index is 2.59. The Morgan fingerprint density at radius 1 is 0.556 bits per heavy atom. The standard InChI is InChI=1S/C22H28BN.2C5H5.2Fe/c1-21(2,3)23-16-19(17-11-7-8-12-17)15-20(18-13-9-10-14-18)24(23)22(4,5)6;2*1-2-4-5-3-1;;/h7-16H,1-6H3;2*1-5H;;. The SMILES string of the molecule is CC(C)(C)B1C=C(C2=CC=C[CH]2)C=C(C2=CC=C[CH]2)N1C(C)(C)C.[CH]1C=CC=C1.[CH]1C=CC=C1.[Fe].[Fe]. The molecule has 4 aliphatic carbocycles. The molecule has 0 saturated heterocycles. The molecule has 0 unspecified atom stereocenters. The zero-order valence-electron chi connectivity index (χ0n) is 22.3. The smallest absolute Gasteiger partial charge is 0.287 e. The second-order valence-electron chi connectivity index (χ2n) is 10.8. The van der Waals surface area contributed by atoms with E-state index in [1.807, 2.05) is 61.4 Å². The van der Waals surface area contributed by atoms with E-state index in [0.29, 0.717) is 6.85 Å². The van der Waals surface area contributed by atoms with Gasteiger partial charge >= 0.3 is 0 Å². The molecule has 4 radical (unpaired) electrons. The Morgan fingerprint density at radius 3 is 1.36 bits per heavy atom. The Morgan fingerprint density at radius 2 is 1.03 bits per heavy atom. The summed E-state index contributed by atoms with van der Waals surface area (Å²) in [5.74, 6) is 2.45. The van der Waals surface area contributed by atoms with Gasteiger partial charge in [-0.05, 0) is 48.9 Å². The van der Waals surface area contributed by atoms with Gasteiger partial charge in [-0.2, -0.15) is 0 Å². The summed E-state index contributed by atoms with van der Waals surface area (Å²) in [6, 6.07) is 0. The van der Waals surface area contributed by atoms with Crippen LogP contribution in [0, 0.1) is 25.7 Å². The van der Waals surface area contributed by atoms with Crippen LogP contribution in [0.4, 0.5) is 0 Å². The first-order valence-corrected chi connectivity index (χ1v) is 12.2. The van der Waals surface area contributed by atoms with Crippen molar-refractivity contribution in [3.8, 4) is 0 Å². The summed E-state index contributed by atoms with van der Waals surface area (Å²) < 4.78 is 0. The monoisotopic (exact) mass is 559 g/mol. The molecule has 0 bridgehead atoms. The molecular formula is C32H38BFe2N. The van der Waals surface area contributed by atoms with Crippen LogP contribution in [0.5, 0.6) is 0 Å². The van der Waals surface area contributed by atoms with Crippen molar-refractivity contribution >= 4 is 6.85 Å². The van der Waals surface area contributed by atoms with Crippen LogP contribution in [0.2, 0.25) is 5.31 Å². The summed E-state index contributed by atoms with van der Waals surface area (Å²) in [4.78, 5) is 2.59. The third-order valence-electron chi connectivity index (χ3n) is 5.84. The second-order valence-corrected chi connectivity index (χ2v) is 10.8. The van der Waals surface area contributed by atoms with Gasteiger partial charge in [0, 0.05) is 71.1 Å². The predicted octanol–water partition coefficient (Wildman–Crippen LogP) is 8.27. The molecule has 1 aliphatic heterocycles. The van der Waals surface area contributed by atoms with Crippen molar-refractivity contribution in [3.05, 3.63) is 145 Å². The van der Waals surface area contributed by atoms with Crippen LogP contribution in [0.3, 0.4) is 0 Å². The summed E-state index contributed by atoms with van der Waals surface area (Å²) >= 11 is 0. The molecule has 0 N–H and O–H groups in total. The van der Waals surface area contributed by atoms with E-state index in [9.17, 15) is 0 Å². The van der Waals surface area contributed by atoms with E-state index in [-0.39, 0.29) is 45.0 Å². The van der Waals surface area contributed by atoms with Gasteiger partial charge in [0.2, 0.25) is 0 Å². The third kappa shape index (κ3) is 9.31. The molecule has 0 aromatic rings. The Balaban J connectivity index is 0.000000448. The normalized spacial score (nSPS) is 18.9. The molecule has 0 atom stereocenters. The predicted molar refractivity (Wildman–Crippen MR) is 151 cm³/mol. The molecule has 5 aliphatic rings. The van der Waals surface area contributed by atoms with Gasteiger partial charge in [0.15, 0.2) is 0 Å². The van der Waals surface area contributed by atoms with Gasteiger partial charge in [0.05, 0.1) is 0 Å². The fourth-order valence-corrected chi connectivity index (χ4v) is 4.23. The molecular weight excluding hydrogens is 521 g/mol. The van der Waals surface area contributed by atoms with Crippen LogP contribution in [0.1, 0.15) is 41.5 Å². The average Bonchev–Trinajstić information content (AvgIpc) is 3.63. The average molecular weight is 559 g/mol. The second kappa shape index (κ2) is 14.9. The topological polar surface area (TPSA) is 3.24 Å². The molecule has 1 heterocycles. The van der Waals surface area contributed by atoms with Crippen LogP contribution in [0.15, 0.2) is 120 Å². The van der Waals surface area contributed by atoms with Crippen molar-refractivity contribution in [3.63, 3.8) is 0 Å². The fraction of sp³-hybridized carbons (Fsp3) is 0.250. The maximum absolute atomic E-state index is 2.59. The van der Waals surface area contributed by atoms with Crippen LogP contribution in [-0.2, 0) is 34.1 Å². The maximum Gasteiger partial charge on any atom is 0.287 e. The first kappa shape index (κ1) is 32.3. The quantitative estimate of drug-likeness (QED) is 0.308. The summed E-state index contributed by atoms with van der Waals surface area (Å²) in [7, 11) is 0. The van der Waals surface area contributed by atoms with Gasteiger partial charge in [-0.25, -0.2) is 0 Å². The molecule has 0 spiro atoms. The molecule has 0 amide bonds. The molecule has 0 aromatic carbocycles. The molecule has 0 aromatic heterocycles. The van der Waals surface area contributed by atoms with E-state index >= 15 is 0 Å². The minimum absolute atomic E-state index is 0. The minimum Gasteiger partial charge on any atom is -0.406 e. The third-order valence-corrected chi connectivity index (χ3v) is 5.84. The zero-order valence-corrected chi connectivity index (χ0v) is 24.5. The number of nitrogens with zero attached hydrogens (tertiary/aromatic N) is 1. The van der Waals surface area contributed by atoms with Gasteiger partial charge < -0.3 is 4.81 Å². The van der Waals surface area contributed by atoms with E-state index in [2.05, 4.69) is 108 Å². The molecule has 36 heavy (non-hydrogen) atoms. The molecule has 5 rings (SSSR count). The van der Waals surface area contributed by atoms with E-state index in [1.54, 1.807) is 0 Å². The Hall–Kier alpha value is -1.70. The van der Waals surface area contributed by atoms with Crippen molar-refractivity contribution in [2.75, 3.05) is 0 Å². The van der Waals surface area contributed by atoms with Crippen molar-refractivity contribution in [2.24, 2.45) is 0 Å². The van der Waals surface area contributed by atoms with Gasteiger partial charge in [0.25, 0.3) is 6.85 Å². The van der Waals surface area contributed by atoms with E-state index in [0.717, 1.165) is 0 Å². The molecule has 0 fully saturated rings. The van der Waals surface area contributed by atoms with Crippen LogP contribution >= 0.6 is 0 Å². The molecule has 190 valence electrons. The number of allylic oxidation sites excluding steroid dienone is 18. The Labute approximate surface area is 242 Å². The van der Waals surface area contributed by atoms with Crippen molar-refractivity contribution in [1.29, 1.82) is 0 Å². The number of hydrogen-bond acceptors (Lipinski definition) is 1. The van der Waals surface area contributed by atoms with Gasteiger partial charge in [0.1, 0.15) is 0 Å². The molecule has 1 nitrogen and oxygen atoms in total. The number of rotatable bonds is 2. The Bertz CT molecular complexity index is 989. The van der Waals surface area contributed by atoms with Crippen molar-refractivity contribution in [1.82, 2.24) is 4.81 Å². The Kier molecular flexibility index (Phi) is 13.4. The summed E-state index contributed by atoms with van der Waals surface area (Å²) in [5, 5.41) is 0.150. The largest absolute Gasteiger partial charge is 0.406 e. The first-order chi connectivity index (χ1) is 16.2. The van der Waals surface area contributed by atoms with Crippen molar-refractivity contribution in [2.45, 2.75) is 52.4 Å². The van der Waals surface area contributed by atoms with Gasteiger partial charge in [-0.3, -0.25) is 0 Å². The first-order valence-electron chi connectivity index (χ1n) is 12.2. The van der Waals surface area contributed by atoms with Crippen LogP contribution < -0.4 is 0 Å². The van der Waals surface area contributed by atoms with Crippen LogP contribution in [0.25, 0.3) is 0 Å².